The van der Waals surface area contributed by atoms with Gasteiger partial charge in [0.2, 0.25) is 5.91 Å². The smallest absolute Gasteiger partial charge is 0.338 e. The third-order valence-electron chi connectivity index (χ3n) is 3.08. The van der Waals surface area contributed by atoms with Crippen molar-refractivity contribution in [1.29, 1.82) is 0 Å². The van der Waals surface area contributed by atoms with Gasteiger partial charge in [0.25, 0.3) is 10.0 Å². The summed E-state index contributed by atoms with van der Waals surface area (Å²) in [6.07, 6.45) is 0. The topological polar surface area (TPSA) is 116 Å². The standard InChI is InChI=1S/C16H16N2O5S/c1-2-23-16(20)11-6-8-14(9-7-11)24(21,22)18-13-5-3-4-12(10-13)15(17)19/h3-10,18H,2H2,1H3,(H2,17,19). The number of amides is 1. The molecule has 0 radical (unpaired) electrons. The molecule has 3 N–H and O–H groups in total. The van der Waals surface area contributed by atoms with Crippen molar-refractivity contribution in [3.63, 3.8) is 0 Å². The van der Waals surface area contributed by atoms with Crippen molar-refractivity contribution >= 4 is 27.6 Å². The van der Waals surface area contributed by atoms with Crippen molar-refractivity contribution < 1.29 is 22.7 Å². The Morgan fingerprint density at radius 1 is 1.08 bits per heavy atom. The lowest BCUT2D eigenvalue weighted by atomic mass is 10.2. The molecule has 0 bridgehead atoms. The Labute approximate surface area is 139 Å². The van der Waals surface area contributed by atoms with Gasteiger partial charge < -0.3 is 10.5 Å². The summed E-state index contributed by atoms with van der Waals surface area (Å²) in [7, 11) is -3.86. The molecule has 7 nitrogen and oxygen atoms in total. The Balaban J connectivity index is 2.23. The number of nitrogens with two attached hydrogens (primary N) is 1. The predicted molar refractivity (Wildman–Crippen MR) is 88.2 cm³/mol. The minimum atomic E-state index is -3.86. The summed E-state index contributed by atoms with van der Waals surface area (Å²) in [4.78, 5) is 22.7. The van der Waals surface area contributed by atoms with Gasteiger partial charge in [-0.25, -0.2) is 13.2 Å². The van der Waals surface area contributed by atoms with Crippen LogP contribution < -0.4 is 10.5 Å². The molecule has 2 aromatic carbocycles. The molecule has 0 aliphatic heterocycles. The predicted octanol–water partition coefficient (Wildman–Crippen LogP) is 1.76. The number of hydrogen-bond acceptors (Lipinski definition) is 5. The molecular formula is C16H16N2O5S. The van der Waals surface area contributed by atoms with Gasteiger partial charge in [0.15, 0.2) is 0 Å². The molecule has 1 amide bonds. The molecular weight excluding hydrogens is 332 g/mol. The van der Waals surface area contributed by atoms with Crippen LogP contribution in [0.2, 0.25) is 0 Å². The van der Waals surface area contributed by atoms with E-state index in [1.807, 2.05) is 0 Å². The molecule has 0 saturated carbocycles. The third kappa shape index (κ3) is 4.11. The maximum atomic E-state index is 12.3. The first-order valence-electron chi connectivity index (χ1n) is 7.03. The Morgan fingerprint density at radius 3 is 2.33 bits per heavy atom. The van der Waals surface area contributed by atoms with Crippen molar-refractivity contribution in [2.45, 2.75) is 11.8 Å². The van der Waals surface area contributed by atoms with Gasteiger partial charge in [0.1, 0.15) is 0 Å². The lowest BCUT2D eigenvalue weighted by molar-refractivity contribution is 0.0526. The highest BCUT2D eigenvalue weighted by molar-refractivity contribution is 7.92. The zero-order valence-corrected chi connectivity index (χ0v) is 13.7. The summed E-state index contributed by atoms with van der Waals surface area (Å²) in [5, 5.41) is 0. The molecule has 2 aromatic rings. The number of carbonyl (C=O) groups is 2. The van der Waals surface area contributed by atoms with Gasteiger partial charge in [-0.05, 0) is 49.4 Å². The molecule has 0 saturated heterocycles. The van der Waals surface area contributed by atoms with Crippen LogP contribution in [0.4, 0.5) is 5.69 Å². The van der Waals surface area contributed by atoms with Crippen LogP contribution in [-0.2, 0) is 14.8 Å². The Kier molecular flexibility index (Phi) is 5.20. The molecule has 126 valence electrons. The average molecular weight is 348 g/mol. The lowest BCUT2D eigenvalue weighted by Gasteiger charge is -2.09. The van der Waals surface area contributed by atoms with Gasteiger partial charge in [-0.3, -0.25) is 9.52 Å². The Morgan fingerprint density at radius 2 is 1.75 bits per heavy atom. The first-order chi connectivity index (χ1) is 11.3. The number of ether oxygens (including phenoxy) is 1. The van der Waals surface area contributed by atoms with Gasteiger partial charge in [0, 0.05) is 11.3 Å². The molecule has 2 rings (SSSR count). The van der Waals surface area contributed by atoms with E-state index in [0.29, 0.717) is 0 Å². The summed E-state index contributed by atoms with van der Waals surface area (Å²) >= 11 is 0. The summed E-state index contributed by atoms with van der Waals surface area (Å²) in [6, 6.07) is 11.2. The van der Waals surface area contributed by atoms with Crippen LogP contribution >= 0.6 is 0 Å². The monoisotopic (exact) mass is 348 g/mol. The average Bonchev–Trinajstić information content (AvgIpc) is 2.55. The van der Waals surface area contributed by atoms with Crippen LogP contribution in [0.25, 0.3) is 0 Å². The largest absolute Gasteiger partial charge is 0.462 e. The highest BCUT2D eigenvalue weighted by atomic mass is 32.2. The zero-order valence-electron chi connectivity index (χ0n) is 12.9. The highest BCUT2D eigenvalue weighted by Crippen LogP contribution is 2.18. The SMILES string of the molecule is CCOC(=O)c1ccc(S(=O)(=O)Nc2cccc(C(N)=O)c2)cc1. The number of anilines is 1. The Hall–Kier alpha value is -2.87. The zero-order chi connectivity index (χ0) is 17.7. The first-order valence-corrected chi connectivity index (χ1v) is 8.51. The number of carbonyl (C=O) groups excluding carboxylic acids is 2. The van der Waals surface area contributed by atoms with E-state index >= 15 is 0 Å². The van der Waals surface area contributed by atoms with Crippen LogP contribution in [0, 0.1) is 0 Å². The molecule has 0 aliphatic rings. The van der Waals surface area contributed by atoms with Crippen molar-refractivity contribution in [3.8, 4) is 0 Å². The Bertz CT molecular complexity index is 860. The minimum absolute atomic E-state index is 0.0278. The molecule has 24 heavy (non-hydrogen) atoms. The number of benzene rings is 2. The molecule has 8 heteroatoms. The second-order valence-corrected chi connectivity index (χ2v) is 6.48. The van der Waals surface area contributed by atoms with Crippen molar-refractivity contribution in [2.24, 2.45) is 5.73 Å². The molecule has 0 unspecified atom stereocenters. The number of hydrogen-bond donors (Lipinski definition) is 2. The quantitative estimate of drug-likeness (QED) is 0.772. The fraction of sp³-hybridized carbons (Fsp3) is 0.125. The van der Waals surface area contributed by atoms with Crippen LogP contribution in [0.15, 0.2) is 53.4 Å². The van der Waals surface area contributed by atoms with E-state index in [9.17, 15) is 18.0 Å². The minimum Gasteiger partial charge on any atom is -0.462 e. The highest BCUT2D eigenvalue weighted by Gasteiger charge is 2.16. The van der Waals surface area contributed by atoms with Crippen molar-refractivity contribution in [2.75, 3.05) is 11.3 Å². The number of rotatable bonds is 6. The number of primary amides is 1. The molecule has 0 atom stereocenters. The molecule has 0 spiro atoms. The van der Waals surface area contributed by atoms with Gasteiger partial charge in [-0.1, -0.05) is 6.07 Å². The van der Waals surface area contributed by atoms with E-state index in [-0.39, 0.29) is 28.3 Å². The number of nitrogens with one attached hydrogen (secondary N) is 1. The summed E-state index contributed by atoms with van der Waals surface area (Å²) in [5.74, 6) is -1.18. The van der Waals surface area contributed by atoms with Gasteiger partial charge in [-0.2, -0.15) is 0 Å². The molecule has 0 fully saturated rings. The molecule has 0 aromatic heterocycles. The van der Waals surface area contributed by atoms with Gasteiger partial charge in [-0.15, -0.1) is 0 Å². The summed E-state index contributed by atoms with van der Waals surface area (Å²) in [5.41, 5.74) is 5.82. The first kappa shape index (κ1) is 17.5. The normalized spacial score (nSPS) is 10.9. The molecule has 0 aliphatic carbocycles. The van der Waals surface area contributed by atoms with Crippen molar-refractivity contribution in [3.05, 3.63) is 59.7 Å². The van der Waals surface area contributed by atoms with E-state index in [1.54, 1.807) is 6.92 Å². The van der Waals surface area contributed by atoms with Crippen LogP contribution in [-0.4, -0.2) is 26.9 Å². The number of esters is 1. The van der Waals surface area contributed by atoms with E-state index in [4.69, 9.17) is 10.5 Å². The number of sulfonamides is 1. The summed E-state index contributed by atoms with van der Waals surface area (Å²) < 4.78 is 31.9. The summed E-state index contributed by atoms with van der Waals surface area (Å²) in [6.45, 7) is 1.91. The second kappa shape index (κ2) is 7.14. The molecule has 0 heterocycles. The van der Waals surface area contributed by atoms with E-state index in [0.717, 1.165) is 0 Å². The lowest BCUT2D eigenvalue weighted by Crippen LogP contribution is -2.15. The second-order valence-electron chi connectivity index (χ2n) is 4.80. The van der Waals surface area contributed by atoms with Gasteiger partial charge in [0.05, 0.1) is 17.1 Å². The van der Waals surface area contributed by atoms with Gasteiger partial charge >= 0.3 is 5.97 Å². The maximum absolute atomic E-state index is 12.3. The van der Waals surface area contributed by atoms with Crippen molar-refractivity contribution in [1.82, 2.24) is 0 Å². The fourth-order valence-electron chi connectivity index (χ4n) is 1.93. The van der Waals surface area contributed by atoms with E-state index < -0.39 is 21.9 Å². The third-order valence-corrected chi connectivity index (χ3v) is 4.47. The maximum Gasteiger partial charge on any atom is 0.338 e. The fourth-order valence-corrected chi connectivity index (χ4v) is 2.98. The van der Waals surface area contributed by atoms with Crippen LogP contribution in [0.3, 0.4) is 0 Å². The van der Waals surface area contributed by atoms with Crippen LogP contribution in [0.1, 0.15) is 27.6 Å². The van der Waals surface area contributed by atoms with Crippen LogP contribution in [0.5, 0.6) is 0 Å². The van der Waals surface area contributed by atoms with E-state index in [2.05, 4.69) is 4.72 Å². The van der Waals surface area contributed by atoms with E-state index in [1.165, 1.54) is 48.5 Å².